The average molecular weight is 396 g/mol. The van der Waals surface area contributed by atoms with E-state index in [0.717, 1.165) is 11.1 Å². The van der Waals surface area contributed by atoms with Gasteiger partial charge in [-0.3, -0.25) is 10.00 Å². The van der Waals surface area contributed by atoms with E-state index in [0.29, 0.717) is 48.5 Å². The van der Waals surface area contributed by atoms with Crippen LogP contribution in [0.4, 0.5) is 10.6 Å². The van der Waals surface area contributed by atoms with Crippen LogP contribution in [0.3, 0.4) is 0 Å². The van der Waals surface area contributed by atoms with Gasteiger partial charge in [-0.25, -0.2) is 14.8 Å². The summed E-state index contributed by atoms with van der Waals surface area (Å²) >= 11 is 0. The van der Waals surface area contributed by atoms with Crippen molar-refractivity contribution in [2.75, 3.05) is 25.5 Å². The van der Waals surface area contributed by atoms with Gasteiger partial charge in [0, 0.05) is 37.5 Å². The second kappa shape index (κ2) is 7.32. The Balaban J connectivity index is 1.62. The maximum Gasteiger partial charge on any atom is 0.323 e. The molecule has 1 aromatic carbocycles. The van der Waals surface area contributed by atoms with Crippen LogP contribution in [-0.4, -0.2) is 61.6 Å². The quantitative estimate of drug-likeness (QED) is 0.704. The third kappa shape index (κ3) is 3.86. The molecule has 0 spiro atoms. The zero-order valence-electron chi connectivity index (χ0n) is 16.7. The second-order valence-electron chi connectivity index (χ2n) is 7.58. The number of benzene rings is 1. The SMILES string of the molecule is COc1ccc(-c2cnn(C)c2)c2ncc(NC(=O)N3CCC(C)(O)CC3)nc12. The van der Waals surface area contributed by atoms with E-state index >= 15 is 0 Å². The average Bonchev–Trinajstić information content (AvgIpc) is 3.13. The van der Waals surface area contributed by atoms with Crippen molar-refractivity contribution in [3.63, 3.8) is 0 Å². The zero-order valence-corrected chi connectivity index (χ0v) is 16.7. The molecule has 0 bridgehead atoms. The number of aromatic nitrogens is 4. The number of aryl methyl sites for hydroxylation is 1. The molecule has 29 heavy (non-hydrogen) atoms. The number of hydrogen-bond donors (Lipinski definition) is 2. The number of piperidine rings is 1. The molecule has 0 saturated carbocycles. The van der Waals surface area contributed by atoms with Gasteiger partial charge in [-0.1, -0.05) is 0 Å². The van der Waals surface area contributed by atoms with E-state index in [1.54, 1.807) is 36.0 Å². The highest BCUT2D eigenvalue weighted by molar-refractivity contribution is 5.96. The maximum absolute atomic E-state index is 12.6. The summed E-state index contributed by atoms with van der Waals surface area (Å²) in [6, 6.07) is 3.50. The number of likely N-dealkylation sites (tertiary alicyclic amines) is 1. The van der Waals surface area contributed by atoms with Crippen molar-refractivity contribution < 1.29 is 14.6 Å². The van der Waals surface area contributed by atoms with Crippen molar-refractivity contribution in [3.8, 4) is 16.9 Å². The number of fused-ring (bicyclic) bond motifs is 1. The monoisotopic (exact) mass is 396 g/mol. The van der Waals surface area contributed by atoms with Gasteiger partial charge in [0.05, 0.1) is 25.1 Å². The standard InChI is InChI=1S/C20H24N6O3/c1-20(28)6-8-26(9-7-20)19(27)24-16-11-21-17-14(13-10-22-25(2)12-13)4-5-15(29-3)18(17)23-16/h4-5,10-12,28H,6-9H2,1-3H3,(H,23,24,27). The Bertz CT molecular complexity index is 1050. The number of rotatable bonds is 3. The molecule has 9 heteroatoms. The fourth-order valence-electron chi connectivity index (χ4n) is 3.47. The van der Waals surface area contributed by atoms with Crippen LogP contribution in [0.5, 0.6) is 5.75 Å². The predicted molar refractivity (Wildman–Crippen MR) is 109 cm³/mol. The Kier molecular flexibility index (Phi) is 4.83. The van der Waals surface area contributed by atoms with Gasteiger partial charge >= 0.3 is 6.03 Å². The number of urea groups is 1. The molecule has 2 amide bonds. The van der Waals surface area contributed by atoms with Gasteiger partial charge in [0.25, 0.3) is 0 Å². The number of ether oxygens (including phenoxy) is 1. The lowest BCUT2D eigenvalue weighted by atomic mass is 9.94. The van der Waals surface area contributed by atoms with Crippen LogP contribution in [0.1, 0.15) is 19.8 Å². The minimum atomic E-state index is -0.713. The molecule has 3 heterocycles. The van der Waals surface area contributed by atoms with Crippen molar-refractivity contribution in [1.29, 1.82) is 0 Å². The first-order valence-corrected chi connectivity index (χ1v) is 9.47. The van der Waals surface area contributed by atoms with Crippen molar-refractivity contribution in [2.24, 2.45) is 7.05 Å². The van der Waals surface area contributed by atoms with E-state index in [1.807, 2.05) is 25.4 Å². The Hall–Kier alpha value is -3.20. The van der Waals surface area contributed by atoms with Crippen LogP contribution in [0, 0.1) is 0 Å². The maximum atomic E-state index is 12.6. The molecule has 9 nitrogen and oxygen atoms in total. The van der Waals surface area contributed by atoms with Crippen LogP contribution in [0.25, 0.3) is 22.2 Å². The number of carbonyl (C=O) groups is 1. The molecule has 3 aromatic rings. The molecular weight excluding hydrogens is 372 g/mol. The van der Waals surface area contributed by atoms with E-state index in [2.05, 4.69) is 20.4 Å². The van der Waals surface area contributed by atoms with Gasteiger partial charge in [-0.15, -0.1) is 0 Å². The number of carbonyl (C=O) groups excluding carboxylic acids is 1. The van der Waals surface area contributed by atoms with Gasteiger partial charge in [0.2, 0.25) is 0 Å². The van der Waals surface area contributed by atoms with Gasteiger partial charge in [0.1, 0.15) is 16.8 Å². The van der Waals surface area contributed by atoms with Crippen LogP contribution in [-0.2, 0) is 7.05 Å². The third-order valence-electron chi connectivity index (χ3n) is 5.26. The van der Waals surface area contributed by atoms with Crippen LogP contribution in [0.15, 0.2) is 30.7 Å². The minimum Gasteiger partial charge on any atom is -0.494 e. The summed E-state index contributed by atoms with van der Waals surface area (Å²) in [6.07, 6.45) is 6.31. The number of amides is 2. The first-order valence-electron chi connectivity index (χ1n) is 9.47. The van der Waals surface area contributed by atoms with Crippen LogP contribution < -0.4 is 10.1 Å². The normalized spacial score (nSPS) is 16.1. The number of hydrogen-bond acceptors (Lipinski definition) is 6. The smallest absolute Gasteiger partial charge is 0.323 e. The number of anilines is 1. The summed E-state index contributed by atoms with van der Waals surface area (Å²) in [6.45, 7) is 2.78. The van der Waals surface area contributed by atoms with Gasteiger partial charge in [0.15, 0.2) is 5.82 Å². The summed E-state index contributed by atoms with van der Waals surface area (Å²) in [5, 5.41) is 17.1. The topological polar surface area (TPSA) is 105 Å². The fourth-order valence-corrected chi connectivity index (χ4v) is 3.47. The third-order valence-corrected chi connectivity index (χ3v) is 5.26. The molecule has 2 aromatic heterocycles. The summed E-state index contributed by atoms with van der Waals surface area (Å²) in [4.78, 5) is 23.4. The van der Waals surface area contributed by atoms with Crippen LogP contribution >= 0.6 is 0 Å². The second-order valence-corrected chi connectivity index (χ2v) is 7.58. The summed E-state index contributed by atoms with van der Waals surface area (Å²) in [5.41, 5.74) is 2.33. The largest absolute Gasteiger partial charge is 0.494 e. The highest BCUT2D eigenvalue weighted by atomic mass is 16.5. The molecule has 1 aliphatic rings. The van der Waals surface area contributed by atoms with Gasteiger partial charge in [-0.2, -0.15) is 5.10 Å². The molecule has 1 aliphatic heterocycles. The van der Waals surface area contributed by atoms with E-state index in [1.165, 1.54) is 0 Å². The van der Waals surface area contributed by atoms with E-state index < -0.39 is 5.60 Å². The number of aliphatic hydroxyl groups is 1. The Morgan fingerprint density at radius 2 is 2.00 bits per heavy atom. The Morgan fingerprint density at radius 3 is 2.66 bits per heavy atom. The molecule has 1 fully saturated rings. The number of nitrogens with one attached hydrogen (secondary N) is 1. The Labute approximate surface area is 168 Å². The van der Waals surface area contributed by atoms with Crippen LogP contribution in [0.2, 0.25) is 0 Å². The Morgan fingerprint density at radius 1 is 1.24 bits per heavy atom. The summed E-state index contributed by atoms with van der Waals surface area (Å²) < 4.78 is 7.17. The molecule has 0 radical (unpaired) electrons. The summed E-state index contributed by atoms with van der Waals surface area (Å²) in [7, 11) is 3.43. The van der Waals surface area contributed by atoms with E-state index in [-0.39, 0.29) is 6.03 Å². The summed E-state index contributed by atoms with van der Waals surface area (Å²) in [5.74, 6) is 0.923. The van der Waals surface area contributed by atoms with E-state index in [4.69, 9.17) is 4.74 Å². The lowest BCUT2D eigenvalue weighted by molar-refractivity contribution is 0.00569. The first kappa shape index (κ1) is 19.1. The molecule has 2 N–H and O–H groups in total. The van der Waals surface area contributed by atoms with Crippen molar-refractivity contribution in [2.45, 2.75) is 25.4 Å². The van der Waals surface area contributed by atoms with Gasteiger partial charge in [-0.05, 0) is 31.9 Å². The van der Waals surface area contributed by atoms with Crippen molar-refractivity contribution in [3.05, 3.63) is 30.7 Å². The number of nitrogens with zero attached hydrogens (tertiary/aromatic N) is 5. The molecule has 0 atom stereocenters. The molecule has 152 valence electrons. The highest BCUT2D eigenvalue weighted by Gasteiger charge is 2.29. The number of methoxy groups -OCH3 is 1. The lowest BCUT2D eigenvalue weighted by Crippen LogP contribution is -2.46. The van der Waals surface area contributed by atoms with Gasteiger partial charge < -0.3 is 14.7 Å². The van der Waals surface area contributed by atoms with E-state index in [9.17, 15) is 9.90 Å². The van der Waals surface area contributed by atoms with Crippen molar-refractivity contribution in [1.82, 2.24) is 24.6 Å². The minimum absolute atomic E-state index is 0.253. The predicted octanol–water partition coefficient (Wildman–Crippen LogP) is 2.42. The zero-order chi connectivity index (χ0) is 20.6. The fraction of sp³-hybridized carbons (Fsp3) is 0.400. The lowest BCUT2D eigenvalue weighted by Gasteiger charge is -2.35. The molecule has 0 aliphatic carbocycles. The van der Waals surface area contributed by atoms with Crippen molar-refractivity contribution >= 4 is 22.9 Å². The first-order chi connectivity index (χ1) is 13.9. The molecule has 1 saturated heterocycles. The molecular formula is C20H24N6O3. The highest BCUT2D eigenvalue weighted by Crippen LogP contribution is 2.32. The molecule has 4 rings (SSSR count). The molecule has 0 unspecified atom stereocenters.